The molecule has 7 heteroatoms. The van der Waals surface area contributed by atoms with Gasteiger partial charge >= 0.3 is 0 Å². The lowest BCUT2D eigenvalue weighted by Gasteiger charge is -2.14. The van der Waals surface area contributed by atoms with E-state index in [4.69, 9.17) is 4.74 Å². The van der Waals surface area contributed by atoms with E-state index in [2.05, 4.69) is 46.4 Å². The van der Waals surface area contributed by atoms with Gasteiger partial charge in [0.15, 0.2) is 5.75 Å². The van der Waals surface area contributed by atoms with Crippen LogP contribution in [-0.4, -0.2) is 18.2 Å². The fourth-order valence-corrected chi connectivity index (χ4v) is 4.58. The molecule has 0 aliphatic heterocycles. The molecule has 0 saturated heterocycles. The zero-order valence-corrected chi connectivity index (χ0v) is 22.3. The average Bonchev–Trinajstić information content (AvgIpc) is 2.82. The number of amides is 1. The fraction of sp³-hybridized carbons (Fsp3) is 0.231. The van der Waals surface area contributed by atoms with Crippen LogP contribution in [0.2, 0.25) is 0 Å². The number of carbonyl (C=O) groups excluding carboxylic acids is 2. The van der Waals surface area contributed by atoms with Crippen molar-refractivity contribution >= 4 is 53.3 Å². The molecule has 0 spiro atoms. The summed E-state index contributed by atoms with van der Waals surface area (Å²) < 4.78 is 7.63. The zero-order valence-electron chi connectivity index (χ0n) is 18.0. The molecule has 176 valence electrons. The van der Waals surface area contributed by atoms with Gasteiger partial charge in [0.2, 0.25) is 0 Å². The van der Waals surface area contributed by atoms with E-state index in [1.54, 1.807) is 24.3 Å². The van der Waals surface area contributed by atoms with Crippen molar-refractivity contribution in [3.05, 3.63) is 92.4 Å². The van der Waals surface area contributed by atoms with Gasteiger partial charge in [-0.05, 0) is 85.9 Å². The van der Waals surface area contributed by atoms with Crippen LogP contribution in [0.15, 0.2) is 75.7 Å². The fourth-order valence-electron chi connectivity index (χ4n) is 2.90. The molecule has 0 bridgehead atoms. The third-order valence-corrected chi connectivity index (χ3v) is 6.04. The summed E-state index contributed by atoms with van der Waals surface area (Å²) in [6.45, 7) is 4.00. The number of hydrogen-bond acceptors (Lipinski definition) is 3. The molecule has 2 atom stereocenters. The molecule has 1 amide bonds. The Kier molecular flexibility index (Phi) is 13.2. The highest BCUT2D eigenvalue weighted by molar-refractivity contribution is 9.11. The Bertz CT molecular complexity index is 1020. The first-order valence-electron chi connectivity index (χ1n) is 10.3. The lowest BCUT2D eigenvalue weighted by molar-refractivity contribution is -0.109. The lowest BCUT2D eigenvalue weighted by Crippen LogP contribution is -2.37. The minimum Gasteiger partial charge on any atom is -0.455 e. The van der Waals surface area contributed by atoms with Crippen LogP contribution in [0.4, 0.5) is 0 Å². The summed E-state index contributed by atoms with van der Waals surface area (Å²) >= 11 is 7.07. The first kappa shape index (κ1) is 29.0. The van der Waals surface area contributed by atoms with Crippen molar-refractivity contribution in [2.45, 2.75) is 39.9 Å². The van der Waals surface area contributed by atoms with Crippen molar-refractivity contribution in [3.8, 4) is 11.5 Å². The predicted octanol–water partition coefficient (Wildman–Crippen LogP) is 7.58. The van der Waals surface area contributed by atoms with Gasteiger partial charge in [-0.25, -0.2) is 0 Å². The van der Waals surface area contributed by atoms with E-state index in [9.17, 15) is 9.59 Å². The molecule has 3 aromatic carbocycles. The Labute approximate surface area is 216 Å². The number of ether oxygens (including phenoxy) is 1. The summed E-state index contributed by atoms with van der Waals surface area (Å²) in [4.78, 5) is 24.1. The molecule has 1 unspecified atom stereocenters. The van der Waals surface area contributed by atoms with E-state index in [1.807, 2.05) is 56.3 Å². The van der Waals surface area contributed by atoms with Crippen LogP contribution in [0, 0.1) is 0 Å². The van der Waals surface area contributed by atoms with Crippen LogP contribution in [0.5, 0.6) is 11.5 Å². The molecule has 0 heterocycles. The number of halogens is 2. The van der Waals surface area contributed by atoms with Crippen LogP contribution in [0.25, 0.3) is 0 Å². The maximum absolute atomic E-state index is 12.7. The molecule has 3 aromatic rings. The van der Waals surface area contributed by atoms with Crippen molar-refractivity contribution in [1.82, 2.24) is 5.32 Å². The average molecular weight is 595 g/mol. The summed E-state index contributed by atoms with van der Waals surface area (Å²) in [5.41, 5.74) is 2.54. The van der Waals surface area contributed by atoms with Crippen molar-refractivity contribution in [2.24, 2.45) is 0 Å². The van der Waals surface area contributed by atoms with Crippen molar-refractivity contribution in [3.63, 3.8) is 0 Å². The van der Waals surface area contributed by atoms with Crippen molar-refractivity contribution in [1.29, 1.82) is 0 Å². The second kappa shape index (κ2) is 15.0. The molecule has 0 fully saturated rings. The van der Waals surface area contributed by atoms with E-state index >= 15 is 0 Å². The van der Waals surface area contributed by atoms with Gasteiger partial charge < -0.3 is 14.8 Å². The maximum atomic E-state index is 12.7. The second-order valence-corrected chi connectivity index (χ2v) is 8.75. The van der Waals surface area contributed by atoms with Crippen molar-refractivity contribution in [2.75, 3.05) is 0 Å². The summed E-state index contributed by atoms with van der Waals surface area (Å²) in [6.07, 6.45) is 2.02. The standard InChI is InChI=1S/C23H20Br2NO3P.C2H6.CH4/c24-20-10-16(14-30)11-21(25)22(20)29-19-8-4-7-17(12-19)23(28)26-18(13-27)9-15-5-2-1-3-6-15;1-2;/h1-8,10-13,18H,9,14,30H2,(H,26,28);1-2H3;1H4/t18-;;/m0../s1. The Morgan fingerprint density at radius 2 is 1.64 bits per heavy atom. The van der Waals surface area contributed by atoms with Gasteiger partial charge in [-0.1, -0.05) is 57.7 Å². The molecule has 4 nitrogen and oxygen atoms in total. The summed E-state index contributed by atoms with van der Waals surface area (Å²) in [5, 5.41) is 2.78. The molecule has 0 aromatic heterocycles. The van der Waals surface area contributed by atoms with Gasteiger partial charge in [0, 0.05) is 5.56 Å². The third-order valence-electron chi connectivity index (χ3n) is 4.39. The Morgan fingerprint density at radius 3 is 2.21 bits per heavy atom. The minimum atomic E-state index is -0.604. The Hall–Kier alpha value is -2.01. The van der Waals surface area contributed by atoms with Crippen LogP contribution in [0.1, 0.15) is 42.8 Å². The monoisotopic (exact) mass is 593 g/mol. The highest BCUT2D eigenvalue weighted by Crippen LogP contribution is 2.38. The highest BCUT2D eigenvalue weighted by Gasteiger charge is 2.15. The molecule has 3 rings (SSSR count). The molecule has 0 aliphatic rings. The van der Waals surface area contributed by atoms with Gasteiger partial charge in [0.05, 0.1) is 15.0 Å². The summed E-state index contributed by atoms with van der Waals surface area (Å²) in [7, 11) is 2.69. The number of aldehydes is 1. The minimum absolute atomic E-state index is 0. The van der Waals surface area contributed by atoms with E-state index < -0.39 is 6.04 Å². The quantitative estimate of drug-likeness (QED) is 0.216. The smallest absolute Gasteiger partial charge is 0.251 e. The van der Waals surface area contributed by atoms with Gasteiger partial charge in [-0.15, -0.1) is 9.24 Å². The van der Waals surface area contributed by atoms with E-state index in [-0.39, 0.29) is 13.3 Å². The van der Waals surface area contributed by atoms with Crippen LogP contribution >= 0.6 is 41.1 Å². The van der Waals surface area contributed by atoms with Crippen LogP contribution < -0.4 is 10.1 Å². The number of carbonyl (C=O) groups is 2. The van der Waals surface area contributed by atoms with E-state index in [0.29, 0.717) is 23.5 Å². The number of benzene rings is 3. The Morgan fingerprint density at radius 1 is 1.00 bits per heavy atom. The van der Waals surface area contributed by atoms with Crippen molar-refractivity contribution < 1.29 is 14.3 Å². The lowest BCUT2D eigenvalue weighted by atomic mass is 10.1. The van der Waals surface area contributed by atoms with E-state index in [0.717, 1.165) is 32.5 Å². The summed E-state index contributed by atoms with van der Waals surface area (Å²) in [6, 6.07) is 19.8. The predicted molar refractivity (Wildman–Crippen MR) is 147 cm³/mol. The van der Waals surface area contributed by atoms with E-state index in [1.165, 1.54) is 0 Å². The largest absolute Gasteiger partial charge is 0.455 e. The van der Waals surface area contributed by atoms with Crippen LogP contribution in [-0.2, 0) is 17.4 Å². The van der Waals surface area contributed by atoms with Gasteiger partial charge in [0.1, 0.15) is 12.0 Å². The first-order valence-corrected chi connectivity index (χ1v) is 12.7. The van der Waals surface area contributed by atoms with Gasteiger partial charge in [0.25, 0.3) is 5.91 Å². The normalized spacial score (nSPS) is 10.7. The molecule has 0 aliphatic carbocycles. The molecule has 33 heavy (non-hydrogen) atoms. The SMILES string of the molecule is C.CC.O=C[C@H](Cc1ccccc1)NC(=O)c1cccc(Oc2c(Br)cc(CP)cc2Br)c1. The maximum Gasteiger partial charge on any atom is 0.251 e. The summed E-state index contributed by atoms with van der Waals surface area (Å²) in [5.74, 6) is 0.822. The molecule has 0 saturated carbocycles. The number of hydrogen-bond donors (Lipinski definition) is 1. The molecule has 1 N–H and O–H groups in total. The zero-order chi connectivity index (χ0) is 23.5. The number of rotatable bonds is 8. The third kappa shape index (κ3) is 8.69. The number of nitrogens with one attached hydrogen (secondary N) is 1. The second-order valence-electron chi connectivity index (χ2n) is 6.63. The molecule has 0 radical (unpaired) electrons. The Balaban J connectivity index is 0.00000177. The topological polar surface area (TPSA) is 55.4 Å². The van der Waals surface area contributed by atoms with Crippen LogP contribution in [0.3, 0.4) is 0 Å². The van der Waals surface area contributed by atoms with Gasteiger partial charge in [-0.3, -0.25) is 4.79 Å². The first-order chi connectivity index (χ1) is 15.5. The highest BCUT2D eigenvalue weighted by atomic mass is 79.9. The molecular weight excluding hydrogens is 565 g/mol. The van der Waals surface area contributed by atoms with Gasteiger partial charge in [-0.2, -0.15) is 0 Å². The molecular formula is C26H30Br2NO3P.